The standard InChI is InChI=1S/C18H20ClNO3S/c1-11-9-13(19)5-7-15(11)20-18(21)12(2)24-14-6-8-16(22-3)17(10-14)23-4/h5-10,12H,1-4H3,(H,20,21)/t12-/m1/s1. The van der Waals surface area contributed by atoms with Crippen molar-refractivity contribution in [2.45, 2.75) is 24.0 Å². The molecule has 0 saturated heterocycles. The molecule has 0 aliphatic rings. The second-order valence-corrected chi connectivity index (χ2v) is 7.08. The second-order valence-electron chi connectivity index (χ2n) is 5.23. The molecule has 0 heterocycles. The van der Waals surface area contributed by atoms with Gasteiger partial charge in [0.1, 0.15) is 0 Å². The van der Waals surface area contributed by atoms with Gasteiger partial charge in [0.15, 0.2) is 11.5 Å². The smallest absolute Gasteiger partial charge is 0.237 e. The molecule has 1 N–H and O–H groups in total. The molecule has 2 aromatic rings. The van der Waals surface area contributed by atoms with E-state index in [4.69, 9.17) is 21.1 Å². The van der Waals surface area contributed by atoms with Gasteiger partial charge in [-0.3, -0.25) is 4.79 Å². The summed E-state index contributed by atoms with van der Waals surface area (Å²) in [4.78, 5) is 13.3. The monoisotopic (exact) mass is 365 g/mol. The van der Waals surface area contributed by atoms with Gasteiger partial charge in [0.25, 0.3) is 0 Å². The third-order valence-corrected chi connectivity index (χ3v) is 4.81. The molecule has 1 atom stereocenters. The van der Waals surface area contributed by atoms with Crippen LogP contribution in [0, 0.1) is 6.92 Å². The summed E-state index contributed by atoms with van der Waals surface area (Å²) in [5, 5.41) is 3.32. The van der Waals surface area contributed by atoms with Crippen molar-refractivity contribution in [1.82, 2.24) is 0 Å². The highest BCUT2D eigenvalue weighted by molar-refractivity contribution is 8.00. The molecule has 2 rings (SSSR count). The van der Waals surface area contributed by atoms with Crippen LogP contribution in [0.25, 0.3) is 0 Å². The van der Waals surface area contributed by atoms with Crippen molar-refractivity contribution < 1.29 is 14.3 Å². The van der Waals surface area contributed by atoms with Crippen LogP contribution >= 0.6 is 23.4 Å². The Labute approximate surface area is 151 Å². The van der Waals surface area contributed by atoms with E-state index in [0.717, 1.165) is 16.1 Å². The molecule has 24 heavy (non-hydrogen) atoms. The first-order valence-electron chi connectivity index (χ1n) is 7.40. The first kappa shape index (κ1) is 18.5. The largest absolute Gasteiger partial charge is 0.493 e. The molecule has 0 bridgehead atoms. The van der Waals surface area contributed by atoms with Gasteiger partial charge in [-0.05, 0) is 55.8 Å². The van der Waals surface area contributed by atoms with Crippen molar-refractivity contribution in [3.8, 4) is 11.5 Å². The molecular weight excluding hydrogens is 346 g/mol. The zero-order valence-electron chi connectivity index (χ0n) is 14.1. The third-order valence-electron chi connectivity index (χ3n) is 3.48. The average molecular weight is 366 g/mol. The minimum Gasteiger partial charge on any atom is -0.493 e. The van der Waals surface area contributed by atoms with Gasteiger partial charge < -0.3 is 14.8 Å². The number of hydrogen-bond acceptors (Lipinski definition) is 4. The summed E-state index contributed by atoms with van der Waals surface area (Å²) in [6.07, 6.45) is 0. The van der Waals surface area contributed by atoms with Crippen LogP contribution in [-0.4, -0.2) is 25.4 Å². The number of hydrogen-bond donors (Lipinski definition) is 1. The van der Waals surface area contributed by atoms with Crippen LogP contribution in [-0.2, 0) is 4.79 Å². The molecule has 0 aliphatic heterocycles. The average Bonchev–Trinajstić information content (AvgIpc) is 2.57. The van der Waals surface area contributed by atoms with Crippen LogP contribution in [0.5, 0.6) is 11.5 Å². The SMILES string of the molecule is COc1ccc(S[C@H](C)C(=O)Nc2ccc(Cl)cc2C)cc1OC. The van der Waals surface area contributed by atoms with Crippen LogP contribution in [0.2, 0.25) is 5.02 Å². The molecule has 0 radical (unpaired) electrons. The van der Waals surface area contributed by atoms with E-state index in [1.807, 2.05) is 44.2 Å². The zero-order valence-corrected chi connectivity index (χ0v) is 15.6. The highest BCUT2D eigenvalue weighted by atomic mass is 35.5. The lowest BCUT2D eigenvalue weighted by atomic mass is 10.2. The van der Waals surface area contributed by atoms with Crippen LogP contribution in [0.1, 0.15) is 12.5 Å². The number of aryl methyl sites for hydroxylation is 1. The van der Waals surface area contributed by atoms with Gasteiger partial charge in [0, 0.05) is 15.6 Å². The molecule has 4 nitrogen and oxygen atoms in total. The number of methoxy groups -OCH3 is 2. The van der Waals surface area contributed by atoms with E-state index >= 15 is 0 Å². The minimum absolute atomic E-state index is 0.0693. The lowest BCUT2D eigenvalue weighted by Gasteiger charge is -2.15. The van der Waals surface area contributed by atoms with Gasteiger partial charge in [0.2, 0.25) is 5.91 Å². The topological polar surface area (TPSA) is 47.6 Å². The molecule has 2 aromatic carbocycles. The Morgan fingerprint density at radius 2 is 1.83 bits per heavy atom. The van der Waals surface area contributed by atoms with E-state index < -0.39 is 0 Å². The van der Waals surface area contributed by atoms with Gasteiger partial charge in [-0.1, -0.05) is 11.6 Å². The number of carbonyl (C=O) groups excluding carboxylic acids is 1. The van der Waals surface area contributed by atoms with E-state index in [0.29, 0.717) is 16.5 Å². The lowest BCUT2D eigenvalue weighted by molar-refractivity contribution is -0.115. The fourth-order valence-electron chi connectivity index (χ4n) is 2.15. The molecule has 0 spiro atoms. The summed E-state index contributed by atoms with van der Waals surface area (Å²) in [7, 11) is 3.18. The van der Waals surface area contributed by atoms with E-state index in [1.165, 1.54) is 11.8 Å². The van der Waals surface area contributed by atoms with Gasteiger partial charge in [0.05, 0.1) is 19.5 Å². The van der Waals surface area contributed by atoms with Crippen molar-refractivity contribution in [2.24, 2.45) is 0 Å². The molecule has 6 heteroatoms. The molecule has 128 valence electrons. The predicted octanol–water partition coefficient (Wildman–Crippen LogP) is 4.78. The van der Waals surface area contributed by atoms with E-state index in [2.05, 4.69) is 5.32 Å². The van der Waals surface area contributed by atoms with Crippen LogP contribution in [0.4, 0.5) is 5.69 Å². The first-order chi connectivity index (χ1) is 11.4. The Kier molecular flexibility index (Phi) is 6.40. The number of rotatable bonds is 6. The Hall–Kier alpha value is -1.85. The summed E-state index contributed by atoms with van der Waals surface area (Å²) in [5.41, 5.74) is 1.70. The number of carbonyl (C=O) groups is 1. The number of anilines is 1. The fraction of sp³-hybridized carbons (Fsp3) is 0.278. The van der Waals surface area contributed by atoms with Crippen molar-refractivity contribution in [3.05, 3.63) is 47.0 Å². The minimum atomic E-state index is -0.266. The summed E-state index contributed by atoms with van der Waals surface area (Å²) in [5.74, 6) is 1.24. The Morgan fingerprint density at radius 3 is 2.46 bits per heavy atom. The fourth-order valence-corrected chi connectivity index (χ4v) is 3.27. The summed E-state index contributed by atoms with van der Waals surface area (Å²) >= 11 is 7.39. The normalized spacial score (nSPS) is 11.7. The number of thioether (sulfide) groups is 1. The molecule has 0 aromatic heterocycles. The summed E-state index contributed by atoms with van der Waals surface area (Å²) in [6.45, 7) is 3.77. The summed E-state index contributed by atoms with van der Waals surface area (Å²) < 4.78 is 10.5. The number of nitrogens with one attached hydrogen (secondary N) is 1. The quantitative estimate of drug-likeness (QED) is 0.748. The molecule has 0 unspecified atom stereocenters. The number of halogens is 1. The van der Waals surface area contributed by atoms with Crippen molar-refractivity contribution in [1.29, 1.82) is 0 Å². The Balaban J connectivity index is 2.06. The lowest BCUT2D eigenvalue weighted by Crippen LogP contribution is -2.22. The van der Waals surface area contributed by atoms with E-state index in [-0.39, 0.29) is 11.2 Å². The van der Waals surface area contributed by atoms with E-state index in [1.54, 1.807) is 20.3 Å². The number of amides is 1. The Bertz CT molecular complexity index is 736. The molecule has 0 fully saturated rings. The van der Waals surface area contributed by atoms with Crippen molar-refractivity contribution >= 4 is 35.0 Å². The van der Waals surface area contributed by atoms with E-state index in [9.17, 15) is 4.79 Å². The first-order valence-corrected chi connectivity index (χ1v) is 8.66. The van der Waals surface area contributed by atoms with Crippen LogP contribution in [0.3, 0.4) is 0 Å². The Morgan fingerprint density at radius 1 is 1.12 bits per heavy atom. The van der Waals surface area contributed by atoms with Crippen molar-refractivity contribution in [3.63, 3.8) is 0 Å². The summed E-state index contributed by atoms with van der Waals surface area (Å²) in [6, 6.07) is 11.0. The van der Waals surface area contributed by atoms with Gasteiger partial charge >= 0.3 is 0 Å². The number of benzene rings is 2. The third kappa shape index (κ3) is 4.58. The maximum atomic E-state index is 12.4. The van der Waals surface area contributed by atoms with Gasteiger partial charge in [-0.25, -0.2) is 0 Å². The van der Waals surface area contributed by atoms with Crippen LogP contribution < -0.4 is 14.8 Å². The molecule has 1 amide bonds. The van der Waals surface area contributed by atoms with Crippen LogP contribution in [0.15, 0.2) is 41.3 Å². The molecule has 0 saturated carbocycles. The zero-order chi connectivity index (χ0) is 17.7. The predicted molar refractivity (Wildman–Crippen MR) is 99.7 cm³/mol. The van der Waals surface area contributed by atoms with Gasteiger partial charge in [-0.2, -0.15) is 0 Å². The van der Waals surface area contributed by atoms with Gasteiger partial charge in [-0.15, -0.1) is 11.8 Å². The molecular formula is C18H20ClNO3S. The van der Waals surface area contributed by atoms with Crippen molar-refractivity contribution in [2.75, 3.05) is 19.5 Å². The highest BCUT2D eigenvalue weighted by Crippen LogP contribution is 2.33. The second kappa shape index (κ2) is 8.31. The maximum Gasteiger partial charge on any atom is 0.237 e. The maximum absolute atomic E-state index is 12.4. The highest BCUT2D eigenvalue weighted by Gasteiger charge is 2.16. The molecule has 0 aliphatic carbocycles. The number of ether oxygens (including phenoxy) is 2.